The minimum Gasteiger partial charge on any atom is -0.481 e. The normalized spacial score (nSPS) is 23.7. The zero-order valence-electron chi connectivity index (χ0n) is 12.9. The molecule has 0 aromatic heterocycles. The van der Waals surface area contributed by atoms with Gasteiger partial charge < -0.3 is 10.4 Å². The van der Waals surface area contributed by atoms with Crippen molar-refractivity contribution in [3.63, 3.8) is 0 Å². The molecule has 6 heteroatoms. The molecule has 6 nitrogen and oxygen atoms in total. The number of imide groups is 1. The van der Waals surface area contributed by atoms with Gasteiger partial charge in [-0.1, -0.05) is 26.7 Å². The van der Waals surface area contributed by atoms with Crippen LogP contribution in [-0.4, -0.2) is 29.1 Å². The van der Waals surface area contributed by atoms with Gasteiger partial charge in [-0.2, -0.15) is 0 Å². The minimum absolute atomic E-state index is 0.0431. The second-order valence-corrected chi connectivity index (χ2v) is 6.24. The van der Waals surface area contributed by atoms with Crippen molar-refractivity contribution in [3.8, 4) is 0 Å². The first-order valence-corrected chi connectivity index (χ1v) is 7.69. The summed E-state index contributed by atoms with van der Waals surface area (Å²) in [6.07, 6.45) is 5.23. The van der Waals surface area contributed by atoms with E-state index in [0.29, 0.717) is 5.92 Å². The van der Waals surface area contributed by atoms with Crippen LogP contribution in [0.4, 0.5) is 4.79 Å². The van der Waals surface area contributed by atoms with Gasteiger partial charge in [0.05, 0.1) is 0 Å². The molecule has 3 atom stereocenters. The zero-order valence-corrected chi connectivity index (χ0v) is 12.9. The Kier molecular flexibility index (Phi) is 7.19. The lowest BCUT2D eigenvalue weighted by atomic mass is 10.0. The molecule has 3 unspecified atom stereocenters. The molecular formula is C15H26N2O4. The summed E-state index contributed by atoms with van der Waals surface area (Å²) >= 11 is 0. The number of carbonyl (C=O) groups is 3. The highest BCUT2D eigenvalue weighted by Gasteiger charge is 2.19. The Bertz CT molecular complexity index is 384. The Morgan fingerprint density at radius 1 is 1.14 bits per heavy atom. The average molecular weight is 298 g/mol. The maximum absolute atomic E-state index is 11.8. The summed E-state index contributed by atoms with van der Waals surface area (Å²) in [6.45, 7) is 3.90. The van der Waals surface area contributed by atoms with E-state index in [1.54, 1.807) is 6.92 Å². The van der Waals surface area contributed by atoms with E-state index in [4.69, 9.17) is 5.11 Å². The second kappa shape index (κ2) is 8.64. The Labute approximate surface area is 125 Å². The van der Waals surface area contributed by atoms with Gasteiger partial charge in [0.1, 0.15) is 0 Å². The third kappa shape index (κ3) is 7.68. The fraction of sp³-hybridized carbons (Fsp3) is 0.800. The number of carboxylic acid groups (broad SMARTS) is 1. The van der Waals surface area contributed by atoms with Gasteiger partial charge in [0.25, 0.3) is 0 Å². The molecule has 1 fully saturated rings. The maximum Gasteiger partial charge on any atom is 0.321 e. The molecule has 120 valence electrons. The highest BCUT2D eigenvalue weighted by molar-refractivity contribution is 5.94. The van der Waals surface area contributed by atoms with Crippen LogP contribution in [0.2, 0.25) is 0 Å². The van der Waals surface area contributed by atoms with E-state index in [0.717, 1.165) is 25.7 Å². The molecule has 1 aliphatic rings. The van der Waals surface area contributed by atoms with E-state index >= 15 is 0 Å². The molecule has 0 heterocycles. The van der Waals surface area contributed by atoms with Crippen LogP contribution in [0.15, 0.2) is 0 Å². The van der Waals surface area contributed by atoms with Crippen molar-refractivity contribution >= 4 is 17.9 Å². The number of carbonyl (C=O) groups excluding carboxylic acids is 2. The highest BCUT2D eigenvalue weighted by atomic mass is 16.4. The highest BCUT2D eigenvalue weighted by Crippen LogP contribution is 2.22. The lowest BCUT2D eigenvalue weighted by Gasteiger charge is -2.17. The predicted octanol–water partition coefficient (Wildman–Crippen LogP) is 2.28. The molecule has 3 amide bonds. The summed E-state index contributed by atoms with van der Waals surface area (Å²) < 4.78 is 0. The zero-order chi connectivity index (χ0) is 15.8. The third-order valence-corrected chi connectivity index (χ3v) is 3.90. The molecular weight excluding hydrogens is 272 g/mol. The van der Waals surface area contributed by atoms with Gasteiger partial charge in [-0.3, -0.25) is 14.9 Å². The Morgan fingerprint density at radius 2 is 1.86 bits per heavy atom. The van der Waals surface area contributed by atoms with Crippen molar-refractivity contribution in [1.29, 1.82) is 0 Å². The number of amides is 3. The molecule has 0 aromatic carbocycles. The lowest BCUT2D eigenvalue weighted by Crippen LogP contribution is -2.44. The van der Waals surface area contributed by atoms with E-state index in [9.17, 15) is 14.4 Å². The maximum atomic E-state index is 11.8. The largest absolute Gasteiger partial charge is 0.481 e. The monoisotopic (exact) mass is 298 g/mol. The van der Waals surface area contributed by atoms with Crippen molar-refractivity contribution in [3.05, 3.63) is 0 Å². The number of carboxylic acids is 1. The first-order valence-electron chi connectivity index (χ1n) is 7.69. The summed E-state index contributed by atoms with van der Waals surface area (Å²) in [4.78, 5) is 33.9. The van der Waals surface area contributed by atoms with E-state index in [-0.39, 0.29) is 24.8 Å². The van der Waals surface area contributed by atoms with Crippen molar-refractivity contribution in [1.82, 2.24) is 10.6 Å². The Hall–Kier alpha value is -1.59. The standard InChI is InChI=1S/C15H26N2O4/c1-10-4-3-5-12(7-6-10)16-15(21)17-13(18)8-11(2)9-14(19)20/h10-12H,3-9H2,1-2H3,(H,19,20)(H2,16,17,18,21). The molecule has 0 spiro atoms. The van der Waals surface area contributed by atoms with Crippen LogP contribution in [-0.2, 0) is 9.59 Å². The van der Waals surface area contributed by atoms with Crippen LogP contribution in [0.1, 0.15) is 58.8 Å². The number of aliphatic carboxylic acids is 1. The molecule has 1 aliphatic carbocycles. The number of hydrogen-bond acceptors (Lipinski definition) is 3. The summed E-state index contributed by atoms with van der Waals surface area (Å²) in [5.74, 6) is -0.956. The summed E-state index contributed by atoms with van der Waals surface area (Å²) in [7, 11) is 0. The van der Waals surface area contributed by atoms with Crippen molar-refractivity contribution in [2.45, 2.75) is 64.8 Å². The molecule has 1 rings (SSSR count). The van der Waals surface area contributed by atoms with Crippen LogP contribution >= 0.6 is 0 Å². The van der Waals surface area contributed by atoms with E-state index in [1.165, 1.54) is 6.42 Å². The van der Waals surface area contributed by atoms with Gasteiger partial charge in [-0.05, 0) is 31.1 Å². The fourth-order valence-electron chi connectivity index (χ4n) is 2.72. The average Bonchev–Trinajstić information content (AvgIpc) is 2.52. The first kappa shape index (κ1) is 17.5. The quantitative estimate of drug-likeness (QED) is 0.678. The van der Waals surface area contributed by atoms with E-state index in [1.807, 2.05) is 0 Å². The van der Waals surface area contributed by atoms with Crippen molar-refractivity contribution < 1.29 is 19.5 Å². The van der Waals surface area contributed by atoms with E-state index < -0.39 is 17.9 Å². The predicted molar refractivity (Wildman–Crippen MR) is 78.7 cm³/mol. The third-order valence-electron chi connectivity index (χ3n) is 3.90. The van der Waals surface area contributed by atoms with Gasteiger partial charge in [0, 0.05) is 18.9 Å². The molecule has 0 bridgehead atoms. The van der Waals surface area contributed by atoms with E-state index in [2.05, 4.69) is 17.6 Å². The van der Waals surface area contributed by atoms with Gasteiger partial charge in [0.2, 0.25) is 5.91 Å². The lowest BCUT2D eigenvalue weighted by molar-refractivity contribution is -0.138. The number of rotatable bonds is 5. The summed E-state index contributed by atoms with van der Waals surface area (Å²) in [5, 5.41) is 13.8. The van der Waals surface area contributed by atoms with Crippen molar-refractivity contribution in [2.75, 3.05) is 0 Å². The number of nitrogens with one attached hydrogen (secondary N) is 2. The van der Waals surface area contributed by atoms with Crippen molar-refractivity contribution in [2.24, 2.45) is 11.8 Å². The molecule has 0 aliphatic heterocycles. The molecule has 0 radical (unpaired) electrons. The van der Waals surface area contributed by atoms with Crippen LogP contribution in [0, 0.1) is 11.8 Å². The van der Waals surface area contributed by atoms with Crippen LogP contribution in [0.5, 0.6) is 0 Å². The molecule has 1 saturated carbocycles. The fourth-order valence-corrected chi connectivity index (χ4v) is 2.72. The van der Waals surface area contributed by atoms with Gasteiger partial charge in [-0.25, -0.2) is 4.79 Å². The topological polar surface area (TPSA) is 95.5 Å². The molecule has 3 N–H and O–H groups in total. The summed E-state index contributed by atoms with van der Waals surface area (Å²) in [5.41, 5.74) is 0. The van der Waals surface area contributed by atoms with Crippen LogP contribution < -0.4 is 10.6 Å². The molecule has 0 saturated heterocycles. The Morgan fingerprint density at radius 3 is 2.52 bits per heavy atom. The number of urea groups is 1. The smallest absolute Gasteiger partial charge is 0.321 e. The number of hydrogen-bond donors (Lipinski definition) is 3. The minimum atomic E-state index is -0.938. The molecule has 21 heavy (non-hydrogen) atoms. The van der Waals surface area contributed by atoms with Gasteiger partial charge in [-0.15, -0.1) is 0 Å². The van der Waals surface area contributed by atoms with Crippen LogP contribution in [0.25, 0.3) is 0 Å². The summed E-state index contributed by atoms with van der Waals surface area (Å²) in [6, 6.07) is -0.346. The van der Waals surface area contributed by atoms with Crippen LogP contribution in [0.3, 0.4) is 0 Å². The Balaban J connectivity index is 2.29. The first-order chi connectivity index (χ1) is 9.86. The van der Waals surface area contributed by atoms with Gasteiger partial charge >= 0.3 is 12.0 Å². The SMILES string of the molecule is CC1CCCC(NC(=O)NC(=O)CC(C)CC(=O)O)CC1. The molecule has 0 aromatic rings. The van der Waals surface area contributed by atoms with Gasteiger partial charge in [0.15, 0.2) is 0 Å². The second-order valence-electron chi connectivity index (χ2n) is 6.24.